The summed E-state index contributed by atoms with van der Waals surface area (Å²) in [5, 5.41) is 0.838. The Hall–Kier alpha value is -4.33. The average molecular weight is 547 g/mol. The Morgan fingerprint density at radius 1 is 1.15 bits per heavy atom. The fourth-order valence-corrected chi connectivity index (χ4v) is 4.35. The van der Waals surface area contributed by atoms with Crippen LogP contribution in [-0.4, -0.2) is 64.6 Å². The predicted octanol–water partition coefficient (Wildman–Crippen LogP) is 4.45. The van der Waals surface area contributed by atoms with Crippen molar-refractivity contribution < 1.29 is 18.0 Å². The van der Waals surface area contributed by atoms with E-state index < -0.39 is 17.6 Å². The lowest BCUT2D eigenvalue weighted by molar-refractivity contribution is -0.138. The molecule has 2 aromatic heterocycles. The van der Waals surface area contributed by atoms with Crippen molar-refractivity contribution in [3.8, 4) is 11.8 Å². The quantitative estimate of drug-likeness (QED) is 0.279. The lowest BCUT2D eigenvalue weighted by Crippen LogP contribution is -2.45. The second kappa shape index (κ2) is 13.2. The van der Waals surface area contributed by atoms with Crippen LogP contribution in [-0.2, 0) is 12.7 Å². The number of carbonyl (C=O) groups excluding carboxylic acids is 1. The van der Waals surface area contributed by atoms with Crippen LogP contribution in [0.25, 0.3) is 10.9 Å². The SMILES string of the molecule is CCN1CCN(Cc2ccc(C(=O)N=C/C=C(C#Cc3cncc4cccnc34)\C=C\N)cc2C(F)(F)F)CC1. The number of pyridine rings is 2. The van der Waals surface area contributed by atoms with Crippen LogP contribution in [0.1, 0.15) is 34.0 Å². The molecule has 0 radical (unpaired) electrons. The number of halogens is 3. The first-order valence-corrected chi connectivity index (χ1v) is 12.8. The maximum Gasteiger partial charge on any atom is 0.416 e. The molecule has 1 aliphatic heterocycles. The van der Waals surface area contributed by atoms with Gasteiger partial charge >= 0.3 is 6.18 Å². The van der Waals surface area contributed by atoms with Crippen molar-refractivity contribution in [2.45, 2.75) is 19.6 Å². The summed E-state index contributed by atoms with van der Waals surface area (Å²) in [6.07, 6.45) is 5.80. The summed E-state index contributed by atoms with van der Waals surface area (Å²) in [6.45, 7) is 6.18. The van der Waals surface area contributed by atoms with E-state index in [1.807, 2.05) is 11.0 Å². The van der Waals surface area contributed by atoms with Crippen LogP contribution in [0.5, 0.6) is 0 Å². The zero-order valence-corrected chi connectivity index (χ0v) is 22.0. The Labute approximate surface area is 230 Å². The summed E-state index contributed by atoms with van der Waals surface area (Å²) < 4.78 is 41.7. The number of aliphatic imine (C=N–C) groups is 1. The third kappa shape index (κ3) is 7.40. The van der Waals surface area contributed by atoms with Crippen molar-refractivity contribution in [2.24, 2.45) is 10.7 Å². The summed E-state index contributed by atoms with van der Waals surface area (Å²) in [4.78, 5) is 29.2. The van der Waals surface area contributed by atoms with Crippen LogP contribution in [0.3, 0.4) is 0 Å². The van der Waals surface area contributed by atoms with Gasteiger partial charge in [-0.1, -0.05) is 24.8 Å². The Kier molecular flexibility index (Phi) is 9.43. The molecule has 0 atom stereocenters. The Morgan fingerprint density at radius 3 is 2.65 bits per heavy atom. The molecular weight excluding hydrogens is 517 g/mol. The molecule has 0 unspecified atom stereocenters. The minimum Gasteiger partial charge on any atom is -0.405 e. The van der Waals surface area contributed by atoms with Gasteiger partial charge in [0.05, 0.1) is 16.6 Å². The number of allylic oxidation sites excluding steroid dienone is 3. The number of likely N-dealkylation sites (N-methyl/N-ethyl adjacent to an activating group) is 1. The molecule has 0 bridgehead atoms. The van der Waals surface area contributed by atoms with E-state index in [0.717, 1.165) is 31.1 Å². The third-order valence-corrected chi connectivity index (χ3v) is 6.54. The summed E-state index contributed by atoms with van der Waals surface area (Å²) >= 11 is 0. The van der Waals surface area contributed by atoms with Crippen molar-refractivity contribution in [3.63, 3.8) is 0 Å². The largest absolute Gasteiger partial charge is 0.416 e. The maximum absolute atomic E-state index is 13.9. The number of aromatic nitrogens is 2. The molecule has 2 N–H and O–H groups in total. The maximum atomic E-state index is 13.9. The molecule has 0 aliphatic carbocycles. The molecule has 0 saturated carbocycles. The lowest BCUT2D eigenvalue weighted by atomic mass is 10.0. The van der Waals surface area contributed by atoms with E-state index in [2.05, 4.69) is 38.6 Å². The van der Waals surface area contributed by atoms with E-state index >= 15 is 0 Å². The van der Waals surface area contributed by atoms with E-state index in [4.69, 9.17) is 5.73 Å². The van der Waals surface area contributed by atoms with Gasteiger partial charge in [0.2, 0.25) is 0 Å². The van der Waals surface area contributed by atoms with E-state index in [0.29, 0.717) is 29.7 Å². The molecule has 3 heterocycles. The van der Waals surface area contributed by atoms with Gasteiger partial charge in [-0.05, 0) is 54.7 Å². The van der Waals surface area contributed by atoms with Crippen LogP contribution < -0.4 is 5.73 Å². The Balaban J connectivity index is 1.51. The molecule has 1 aliphatic rings. The number of alkyl halides is 3. The van der Waals surface area contributed by atoms with Crippen LogP contribution in [0, 0.1) is 11.8 Å². The number of fused-ring (bicyclic) bond motifs is 1. The minimum absolute atomic E-state index is 0.140. The van der Waals surface area contributed by atoms with E-state index in [1.54, 1.807) is 24.7 Å². The van der Waals surface area contributed by atoms with Crippen molar-refractivity contribution in [2.75, 3.05) is 32.7 Å². The second-order valence-corrected chi connectivity index (χ2v) is 9.16. The number of benzene rings is 1. The molecule has 3 aromatic rings. The molecule has 1 amide bonds. The molecule has 40 heavy (non-hydrogen) atoms. The molecule has 0 spiro atoms. The lowest BCUT2D eigenvalue weighted by Gasteiger charge is -2.34. The average Bonchev–Trinajstić information content (AvgIpc) is 2.96. The van der Waals surface area contributed by atoms with Gasteiger partial charge in [0.15, 0.2) is 0 Å². The number of nitrogens with two attached hydrogens (primary N) is 1. The van der Waals surface area contributed by atoms with Crippen molar-refractivity contribution >= 4 is 23.0 Å². The number of carbonyl (C=O) groups is 1. The van der Waals surface area contributed by atoms with Gasteiger partial charge in [0.25, 0.3) is 5.91 Å². The topological polar surface area (TPSA) is 87.7 Å². The first-order chi connectivity index (χ1) is 19.3. The van der Waals surface area contributed by atoms with Crippen LogP contribution >= 0.6 is 0 Å². The molecule has 10 heteroatoms. The van der Waals surface area contributed by atoms with Gasteiger partial charge in [-0.15, -0.1) is 0 Å². The fraction of sp³-hybridized carbons (Fsp3) is 0.267. The standard InChI is InChI=1S/C30H29F3N6O/c1-2-38-14-16-39(17-15-38)21-26-8-7-23(18-27(26)30(31,32)33)29(40)37-13-10-22(9-11-34)5-6-25-20-35-19-24-4-3-12-36-28(24)25/h3-4,7-13,18-20H,2,14-17,21,34H2,1H3/b11-9+,22-10-,37-13?. The number of hydrogen-bond donors (Lipinski definition) is 1. The Bertz CT molecular complexity index is 1500. The molecule has 206 valence electrons. The summed E-state index contributed by atoms with van der Waals surface area (Å²) in [6, 6.07) is 7.31. The van der Waals surface area contributed by atoms with Gasteiger partial charge in [0.1, 0.15) is 0 Å². The van der Waals surface area contributed by atoms with Crippen molar-refractivity contribution in [3.05, 3.63) is 95.1 Å². The number of rotatable bonds is 6. The molecule has 7 nitrogen and oxygen atoms in total. The molecule has 1 fully saturated rings. The zero-order chi connectivity index (χ0) is 28.5. The number of hydrogen-bond acceptors (Lipinski definition) is 6. The molecule has 1 aromatic carbocycles. The molecular formula is C30H29F3N6O. The summed E-state index contributed by atoms with van der Waals surface area (Å²) in [5.74, 6) is 5.12. The summed E-state index contributed by atoms with van der Waals surface area (Å²) in [5.41, 5.74) is 6.43. The Morgan fingerprint density at radius 2 is 1.93 bits per heavy atom. The van der Waals surface area contributed by atoms with Gasteiger partial charge in [0, 0.05) is 74.1 Å². The van der Waals surface area contributed by atoms with Crippen molar-refractivity contribution in [1.29, 1.82) is 0 Å². The highest BCUT2D eigenvalue weighted by molar-refractivity contribution is 6.01. The van der Waals surface area contributed by atoms with Crippen LogP contribution in [0.4, 0.5) is 13.2 Å². The molecule has 1 saturated heterocycles. The highest BCUT2D eigenvalue weighted by Crippen LogP contribution is 2.33. The van der Waals surface area contributed by atoms with E-state index in [-0.39, 0.29) is 17.7 Å². The fourth-order valence-electron chi connectivity index (χ4n) is 4.35. The van der Waals surface area contributed by atoms with Crippen LogP contribution in [0.15, 0.2) is 77.8 Å². The van der Waals surface area contributed by atoms with Crippen LogP contribution in [0.2, 0.25) is 0 Å². The van der Waals surface area contributed by atoms with Gasteiger partial charge < -0.3 is 10.6 Å². The number of amides is 1. The smallest absolute Gasteiger partial charge is 0.405 e. The molecule has 4 rings (SSSR count). The summed E-state index contributed by atoms with van der Waals surface area (Å²) in [7, 11) is 0. The van der Waals surface area contributed by atoms with Gasteiger partial charge in [-0.3, -0.25) is 19.7 Å². The predicted molar refractivity (Wildman–Crippen MR) is 149 cm³/mol. The van der Waals surface area contributed by atoms with Crippen molar-refractivity contribution in [1.82, 2.24) is 19.8 Å². The van der Waals surface area contributed by atoms with Gasteiger partial charge in [-0.2, -0.15) is 13.2 Å². The van der Waals surface area contributed by atoms with E-state index in [9.17, 15) is 18.0 Å². The van der Waals surface area contributed by atoms with E-state index in [1.165, 1.54) is 36.7 Å². The normalized spacial score (nSPS) is 15.6. The highest BCUT2D eigenvalue weighted by Gasteiger charge is 2.34. The third-order valence-electron chi connectivity index (χ3n) is 6.54. The highest BCUT2D eigenvalue weighted by atomic mass is 19.4. The first kappa shape index (κ1) is 28.7. The zero-order valence-electron chi connectivity index (χ0n) is 22.0. The first-order valence-electron chi connectivity index (χ1n) is 12.8. The second-order valence-electron chi connectivity index (χ2n) is 9.16. The van der Waals surface area contributed by atoms with Gasteiger partial charge in [-0.25, -0.2) is 4.99 Å². The number of piperazine rings is 1. The number of nitrogens with zero attached hydrogens (tertiary/aromatic N) is 5. The monoisotopic (exact) mass is 546 g/mol. The minimum atomic E-state index is -4.60.